The third kappa shape index (κ3) is 4.81. The van der Waals surface area contributed by atoms with E-state index in [1.165, 1.54) is 35.0 Å². The molecule has 0 bridgehead atoms. The van der Waals surface area contributed by atoms with Crippen LogP contribution in [-0.4, -0.2) is 33.6 Å². The standard InChI is InChI=1S/C22H17F3N4O4/c23-15-4-3-12(8-16(15)24)11-29-6-1-2-14(21(29)31)20(30)26-5-7-33-13-9-17(25)19-18(10-13)27-22(32)28-19/h1-4,6,8-10H,5,7,11H2,(H,26,30)(H2,27,28,32). The number of ether oxygens (including phenoxy) is 1. The molecule has 170 valence electrons. The number of fused-ring (bicyclic) bond motifs is 1. The van der Waals surface area contributed by atoms with Crippen LogP contribution in [-0.2, 0) is 6.54 Å². The Kier molecular flexibility index (Phi) is 6.03. The third-order valence-electron chi connectivity index (χ3n) is 4.81. The number of carbonyl (C=O) groups excluding carboxylic acids is 1. The lowest BCUT2D eigenvalue weighted by Crippen LogP contribution is -2.34. The Hall–Kier alpha value is -4.28. The van der Waals surface area contributed by atoms with Crippen LogP contribution in [0.1, 0.15) is 15.9 Å². The van der Waals surface area contributed by atoms with Gasteiger partial charge in [0.25, 0.3) is 11.5 Å². The van der Waals surface area contributed by atoms with Gasteiger partial charge in [-0.05, 0) is 29.8 Å². The van der Waals surface area contributed by atoms with Crippen molar-refractivity contribution in [2.24, 2.45) is 0 Å². The molecule has 2 heterocycles. The van der Waals surface area contributed by atoms with Crippen LogP contribution in [0, 0.1) is 17.5 Å². The molecular formula is C22H17F3N4O4. The summed E-state index contributed by atoms with van der Waals surface area (Å²) in [6.45, 7) is -0.0591. The van der Waals surface area contributed by atoms with E-state index in [4.69, 9.17) is 4.74 Å². The van der Waals surface area contributed by atoms with Gasteiger partial charge in [0.15, 0.2) is 17.5 Å². The molecule has 11 heteroatoms. The lowest BCUT2D eigenvalue weighted by atomic mass is 10.2. The van der Waals surface area contributed by atoms with Crippen molar-refractivity contribution in [2.75, 3.05) is 13.2 Å². The molecule has 0 fully saturated rings. The van der Waals surface area contributed by atoms with Gasteiger partial charge in [0, 0.05) is 18.3 Å². The first-order valence-corrected chi connectivity index (χ1v) is 9.78. The summed E-state index contributed by atoms with van der Waals surface area (Å²) in [6.07, 6.45) is 1.43. The minimum atomic E-state index is -1.03. The topological polar surface area (TPSA) is 109 Å². The smallest absolute Gasteiger partial charge is 0.323 e. The fraction of sp³-hybridized carbons (Fsp3) is 0.136. The van der Waals surface area contributed by atoms with E-state index in [0.717, 1.165) is 18.2 Å². The molecule has 0 saturated carbocycles. The maximum Gasteiger partial charge on any atom is 0.323 e. The molecule has 0 radical (unpaired) electrons. The molecule has 0 atom stereocenters. The minimum absolute atomic E-state index is 0.0135. The Balaban J connectivity index is 1.37. The van der Waals surface area contributed by atoms with E-state index in [0.29, 0.717) is 5.56 Å². The summed E-state index contributed by atoms with van der Waals surface area (Å²) in [4.78, 5) is 41.1. The highest BCUT2D eigenvalue weighted by Crippen LogP contribution is 2.20. The number of halogens is 3. The van der Waals surface area contributed by atoms with E-state index in [1.54, 1.807) is 0 Å². The van der Waals surface area contributed by atoms with Crippen molar-refractivity contribution in [1.29, 1.82) is 0 Å². The van der Waals surface area contributed by atoms with Crippen LogP contribution in [0.4, 0.5) is 13.2 Å². The molecule has 33 heavy (non-hydrogen) atoms. The monoisotopic (exact) mass is 458 g/mol. The second kappa shape index (κ2) is 9.07. The van der Waals surface area contributed by atoms with Gasteiger partial charge in [-0.1, -0.05) is 6.07 Å². The number of hydrogen-bond acceptors (Lipinski definition) is 4. The Morgan fingerprint density at radius 3 is 2.61 bits per heavy atom. The average Bonchev–Trinajstić information content (AvgIpc) is 3.16. The second-order valence-corrected chi connectivity index (χ2v) is 7.11. The third-order valence-corrected chi connectivity index (χ3v) is 4.81. The highest BCUT2D eigenvalue weighted by atomic mass is 19.2. The number of H-pyrrole nitrogens is 2. The zero-order valence-electron chi connectivity index (χ0n) is 17.0. The molecule has 0 unspecified atom stereocenters. The summed E-state index contributed by atoms with van der Waals surface area (Å²) >= 11 is 0. The van der Waals surface area contributed by atoms with Crippen molar-refractivity contribution in [3.8, 4) is 5.75 Å². The summed E-state index contributed by atoms with van der Waals surface area (Å²) in [5.74, 6) is -3.20. The summed E-state index contributed by atoms with van der Waals surface area (Å²) in [7, 11) is 0. The van der Waals surface area contributed by atoms with Crippen LogP contribution in [0.25, 0.3) is 11.0 Å². The summed E-state index contributed by atoms with van der Waals surface area (Å²) < 4.78 is 47.1. The fourth-order valence-corrected chi connectivity index (χ4v) is 3.26. The lowest BCUT2D eigenvalue weighted by molar-refractivity contribution is 0.0945. The molecule has 2 aromatic carbocycles. The zero-order valence-corrected chi connectivity index (χ0v) is 17.0. The number of hydrogen-bond donors (Lipinski definition) is 3. The van der Waals surface area contributed by atoms with Gasteiger partial charge in [0.05, 0.1) is 18.6 Å². The molecule has 8 nitrogen and oxygen atoms in total. The number of pyridine rings is 1. The van der Waals surface area contributed by atoms with Gasteiger partial charge in [0.2, 0.25) is 0 Å². The first kappa shape index (κ1) is 21.9. The van der Waals surface area contributed by atoms with Gasteiger partial charge in [0.1, 0.15) is 23.4 Å². The molecule has 1 amide bonds. The van der Waals surface area contributed by atoms with Gasteiger partial charge < -0.3 is 24.6 Å². The van der Waals surface area contributed by atoms with Crippen LogP contribution in [0.2, 0.25) is 0 Å². The summed E-state index contributed by atoms with van der Waals surface area (Å²) in [5, 5.41) is 2.53. The second-order valence-electron chi connectivity index (χ2n) is 7.11. The quantitative estimate of drug-likeness (QED) is 0.369. The molecule has 0 aliphatic heterocycles. The predicted molar refractivity (Wildman–Crippen MR) is 113 cm³/mol. The fourth-order valence-electron chi connectivity index (χ4n) is 3.26. The molecule has 0 spiro atoms. The van der Waals surface area contributed by atoms with Crippen molar-refractivity contribution in [3.63, 3.8) is 0 Å². The van der Waals surface area contributed by atoms with Crippen molar-refractivity contribution in [3.05, 3.63) is 98.1 Å². The van der Waals surface area contributed by atoms with E-state index < -0.39 is 34.6 Å². The molecule has 4 aromatic rings. The molecule has 2 aromatic heterocycles. The van der Waals surface area contributed by atoms with E-state index in [1.807, 2.05) is 0 Å². The van der Waals surface area contributed by atoms with Gasteiger partial charge >= 0.3 is 5.69 Å². The number of benzene rings is 2. The van der Waals surface area contributed by atoms with E-state index >= 15 is 0 Å². The molecule has 0 saturated heterocycles. The number of carbonyl (C=O) groups is 1. The number of imidazole rings is 1. The van der Waals surface area contributed by atoms with Gasteiger partial charge in [-0.15, -0.1) is 0 Å². The molecule has 0 aliphatic rings. The zero-order chi connectivity index (χ0) is 23.5. The minimum Gasteiger partial charge on any atom is -0.492 e. The SMILES string of the molecule is O=C(NCCOc1cc(F)c2[nH]c(=O)[nH]c2c1)c1cccn(Cc2ccc(F)c(F)c2)c1=O. The van der Waals surface area contributed by atoms with Gasteiger partial charge in [-0.3, -0.25) is 9.59 Å². The van der Waals surface area contributed by atoms with Crippen LogP contribution in [0.5, 0.6) is 5.75 Å². The van der Waals surface area contributed by atoms with E-state index in [9.17, 15) is 27.6 Å². The van der Waals surface area contributed by atoms with Crippen LogP contribution in [0.15, 0.2) is 58.3 Å². The largest absolute Gasteiger partial charge is 0.492 e. The normalized spacial score (nSPS) is 11.0. The number of rotatable bonds is 7. The maximum absolute atomic E-state index is 14.0. The number of aromatic nitrogens is 3. The Morgan fingerprint density at radius 2 is 1.82 bits per heavy atom. The van der Waals surface area contributed by atoms with Crippen LogP contribution < -0.4 is 21.3 Å². The van der Waals surface area contributed by atoms with Crippen molar-refractivity contribution in [1.82, 2.24) is 19.9 Å². The lowest BCUT2D eigenvalue weighted by Gasteiger charge is -2.10. The highest BCUT2D eigenvalue weighted by molar-refractivity contribution is 5.93. The Morgan fingerprint density at radius 1 is 1.00 bits per heavy atom. The Bertz CT molecular complexity index is 1460. The molecule has 3 N–H and O–H groups in total. The molecule has 0 aliphatic carbocycles. The van der Waals surface area contributed by atoms with Crippen molar-refractivity contribution < 1.29 is 22.7 Å². The molecule has 4 rings (SSSR count). The first-order chi connectivity index (χ1) is 15.8. The molecular weight excluding hydrogens is 441 g/mol. The van der Waals surface area contributed by atoms with Crippen molar-refractivity contribution in [2.45, 2.75) is 6.54 Å². The van der Waals surface area contributed by atoms with E-state index in [2.05, 4.69) is 15.3 Å². The number of nitrogens with zero attached hydrogens (tertiary/aromatic N) is 1. The van der Waals surface area contributed by atoms with Gasteiger partial charge in [-0.2, -0.15) is 0 Å². The Labute approximate surface area is 183 Å². The van der Waals surface area contributed by atoms with Crippen molar-refractivity contribution >= 4 is 16.9 Å². The van der Waals surface area contributed by atoms with E-state index in [-0.39, 0.29) is 42.0 Å². The highest BCUT2D eigenvalue weighted by Gasteiger charge is 2.13. The van der Waals surface area contributed by atoms with Crippen LogP contribution >= 0.6 is 0 Å². The summed E-state index contributed by atoms with van der Waals surface area (Å²) in [5.41, 5.74) is -0.669. The first-order valence-electron chi connectivity index (χ1n) is 9.78. The summed E-state index contributed by atoms with van der Waals surface area (Å²) in [6, 6.07) is 8.65. The number of amides is 1. The maximum atomic E-state index is 14.0. The number of nitrogens with one attached hydrogen (secondary N) is 3. The van der Waals surface area contributed by atoms with Crippen LogP contribution in [0.3, 0.4) is 0 Å². The number of aromatic amines is 2. The predicted octanol–water partition coefficient (Wildman–Crippen LogP) is 2.29. The van der Waals surface area contributed by atoms with Gasteiger partial charge in [-0.25, -0.2) is 18.0 Å². The average molecular weight is 458 g/mol.